The number of ether oxygens (including phenoxy) is 1. The van der Waals surface area contributed by atoms with E-state index in [2.05, 4.69) is 5.32 Å². The van der Waals surface area contributed by atoms with Crippen LogP contribution in [0, 0.1) is 5.92 Å². The van der Waals surface area contributed by atoms with Gasteiger partial charge in [0.2, 0.25) is 10.0 Å². The number of carbonyl (C=O) groups excluding carboxylic acids is 2. The Hall–Kier alpha value is -2.91. The molecule has 2 heterocycles. The van der Waals surface area contributed by atoms with Gasteiger partial charge < -0.3 is 15.0 Å². The average molecular weight is 486 g/mol. The lowest BCUT2D eigenvalue weighted by molar-refractivity contribution is -0.134. The number of amides is 2. The van der Waals surface area contributed by atoms with Crippen molar-refractivity contribution in [2.75, 3.05) is 39.3 Å². The molecule has 182 valence electrons. The molecule has 9 heteroatoms. The van der Waals surface area contributed by atoms with Gasteiger partial charge in [-0.15, -0.1) is 0 Å². The summed E-state index contributed by atoms with van der Waals surface area (Å²) in [6.07, 6.45) is 3.39. The maximum atomic E-state index is 12.6. The lowest BCUT2D eigenvalue weighted by Gasteiger charge is -2.32. The minimum atomic E-state index is -3.48. The highest BCUT2D eigenvalue weighted by Gasteiger charge is 2.27. The third-order valence-corrected chi connectivity index (χ3v) is 8.36. The van der Waals surface area contributed by atoms with Crippen molar-refractivity contribution in [3.05, 3.63) is 60.2 Å². The number of likely N-dealkylation sites (tertiary alicyclic amines) is 1. The summed E-state index contributed by atoms with van der Waals surface area (Å²) in [6.45, 7) is 2.93. The van der Waals surface area contributed by atoms with Crippen molar-refractivity contribution in [3.63, 3.8) is 0 Å². The second kappa shape index (κ2) is 11.0. The van der Waals surface area contributed by atoms with Crippen LogP contribution in [0.4, 0.5) is 0 Å². The topological polar surface area (TPSA) is 96.0 Å². The first-order chi connectivity index (χ1) is 16.4. The molecule has 2 amide bonds. The van der Waals surface area contributed by atoms with Gasteiger partial charge in [0.1, 0.15) is 5.75 Å². The van der Waals surface area contributed by atoms with E-state index in [1.807, 2.05) is 30.3 Å². The summed E-state index contributed by atoms with van der Waals surface area (Å²) in [4.78, 5) is 27.0. The minimum absolute atomic E-state index is 0.0227. The molecular formula is C25H31N3O5S. The standard InChI is InChI=1S/C25H31N3O5S/c29-24(19-33-22-6-2-1-3-7-22)27-16-12-20(13-17-27)18-26-25(30)21-8-10-23(11-9-21)34(31,32)28-14-4-5-15-28/h1-3,6-11,20H,4-5,12-19H2,(H,26,30). The summed E-state index contributed by atoms with van der Waals surface area (Å²) >= 11 is 0. The van der Waals surface area contributed by atoms with Crippen molar-refractivity contribution in [1.29, 1.82) is 0 Å². The van der Waals surface area contributed by atoms with E-state index >= 15 is 0 Å². The molecule has 0 atom stereocenters. The Morgan fingerprint density at radius 2 is 1.56 bits per heavy atom. The SMILES string of the molecule is O=C(NCC1CCN(C(=O)COc2ccccc2)CC1)c1ccc(S(=O)(=O)N2CCCC2)cc1. The number of sulfonamides is 1. The van der Waals surface area contributed by atoms with Crippen LogP contribution in [0.2, 0.25) is 0 Å². The molecule has 2 saturated heterocycles. The van der Waals surface area contributed by atoms with Crippen LogP contribution in [0.1, 0.15) is 36.0 Å². The Kier molecular flexibility index (Phi) is 7.84. The van der Waals surface area contributed by atoms with E-state index in [4.69, 9.17) is 4.74 Å². The third kappa shape index (κ3) is 5.95. The molecule has 0 aliphatic carbocycles. The average Bonchev–Trinajstić information content (AvgIpc) is 3.43. The van der Waals surface area contributed by atoms with Gasteiger partial charge in [-0.2, -0.15) is 4.31 Å². The van der Waals surface area contributed by atoms with Crippen LogP contribution >= 0.6 is 0 Å². The maximum absolute atomic E-state index is 12.6. The van der Waals surface area contributed by atoms with Crippen LogP contribution in [0.3, 0.4) is 0 Å². The molecule has 8 nitrogen and oxygen atoms in total. The molecule has 4 rings (SSSR count). The normalized spacial score (nSPS) is 17.5. The van der Waals surface area contributed by atoms with E-state index in [0.717, 1.165) is 25.7 Å². The maximum Gasteiger partial charge on any atom is 0.260 e. The van der Waals surface area contributed by atoms with Gasteiger partial charge in [0.25, 0.3) is 11.8 Å². The van der Waals surface area contributed by atoms with Crippen molar-refractivity contribution >= 4 is 21.8 Å². The highest BCUT2D eigenvalue weighted by atomic mass is 32.2. The van der Waals surface area contributed by atoms with Crippen LogP contribution in [-0.2, 0) is 14.8 Å². The van der Waals surface area contributed by atoms with Crippen LogP contribution in [0.5, 0.6) is 5.75 Å². The van der Waals surface area contributed by atoms with Gasteiger partial charge in [0.05, 0.1) is 4.90 Å². The number of carbonyl (C=O) groups is 2. The number of nitrogens with zero attached hydrogens (tertiary/aromatic N) is 2. The molecule has 0 unspecified atom stereocenters. The molecule has 0 saturated carbocycles. The highest BCUT2D eigenvalue weighted by molar-refractivity contribution is 7.89. The molecule has 2 aromatic carbocycles. The van der Waals surface area contributed by atoms with Crippen molar-refractivity contribution in [3.8, 4) is 5.75 Å². The van der Waals surface area contributed by atoms with Gasteiger partial charge in [-0.25, -0.2) is 8.42 Å². The number of benzene rings is 2. The molecular weight excluding hydrogens is 454 g/mol. The zero-order chi connectivity index (χ0) is 24.0. The lowest BCUT2D eigenvalue weighted by atomic mass is 9.96. The van der Waals surface area contributed by atoms with Gasteiger partial charge in [-0.05, 0) is 68.0 Å². The van der Waals surface area contributed by atoms with Crippen LogP contribution in [-0.4, -0.2) is 68.8 Å². The van der Waals surface area contributed by atoms with E-state index < -0.39 is 10.0 Å². The fourth-order valence-corrected chi connectivity index (χ4v) is 5.85. The summed E-state index contributed by atoms with van der Waals surface area (Å²) < 4.78 is 32.3. The Morgan fingerprint density at radius 1 is 0.912 bits per heavy atom. The zero-order valence-corrected chi connectivity index (χ0v) is 20.0. The summed E-state index contributed by atoms with van der Waals surface area (Å²) in [6, 6.07) is 15.4. The Labute approximate surface area is 200 Å². The molecule has 0 bridgehead atoms. The van der Waals surface area contributed by atoms with E-state index in [1.54, 1.807) is 17.0 Å². The first-order valence-corrected chi connectivity index (χ1v) is 13.2. The Balaban J connectivity index is 1.20. The highest BCUT2D eigenvalue weighted by Crippen LogP contribution is 2.21. The van der Waals surface area contributed by atoms with Crippen molar-refractivity contribution in [1.82, 2.24) is 14.5 Å². The fourth-order valence-electron chi connectivity index (χ4n) is 4.33. The summed E-state index contributed by atoms with van der Waals surface area (Å²) in [7, 11) is -3.48. The molecule has 1 N–H and O–H groups in total. The first kappa shape index (κ1) is 24.2. The number of piperidine rings is 1. The molecule has 2 fully saturated rings. The summed E-state index contributed by atoms with van der Waals surface area (Å²) in [5, 5.41) is 2.95. The fraction of sp³-hybridized carbons (Fsp3) is 0.440. The second-order valence-corrected chi connectivity index (χ2v) is 10.7. The number of para-hydroxylation sites is 1. The predicted octanol–water partition coefficient (Wildman–Crippen LogP) is 2.52. The van der Waals surface area contributed by atoms with Gasteiger partial charge in [-0.1, -0.05) is 18.2 Å². The molecule has 2 aromatic rings. The number of nitrogens with one attached hydrogen (secondary N) is 1. The van der Waals surface area contributed by atoms with Crippen LogP contribution < -0.4 is 10.1 Å². The Bertz CT molecular complexity index is 1080. The molecule has 0 spiro atoms. The molecule has 0 aromatic heterocycles. The number of hydrogen-bond donors (Lipinski definition) is 1. The van der Waals surface area contributed by atoms with Gasteiger partial charge in [0.15, 0.2) is 6.61 Å². The summed E-state index contributed by atoms with van der Waals surface area (Å²) in [5.41, 5.74) is 0.436. The summed E-state index contributed by atoms with van der Waals surface area (Å²) in [5.74, 6) is 0.711. The largest absolute Gasteiger partial charge is 0.484 e. The zero-order valence-electron chi connectivity index (χ0n) is 19.2. The number of hydrogen-bond acceptors (Lipinski definition) is 5. The van der Waals surface area contributed by atoms with Gasteiger partial charge in [0, 0.05) is 38.3 Å². The second-order valence-electron chi connectivity index (χ2n) is 8.77. The minimum Gasteiger partial charge on any atom is -0.484 e. The van der Waals surface area contributed by atoms with E-state index in [0.29, 0.717) is 44.0 Å². The van der Waals surface area contributed by atoms with Crippen LogP contribution in [0.25, 0.3) is 0 Å². The van der Waals surface area contributed by atoms with Crippen molar-refractivity contribution in [2.24, 2.45) is 5.92 Å². The van der Waals surface area contributed by atoms with Crippen LogP contribution in [0.15, 0.2) is 59.5 Å². The van der Waals surface area contributed by atoms with E-state index in [9.17, 15) is 18.0 Å². The van der Waals surface area contributed by atoms with E-state index in [-0.39, 0.29) is 29.2 Å². The Morgan fingerprint density at radius 3 is 2.21 bits per heavy atom. The number of rotatable bonds is 8. The smallest absolute Gasteiger partial charge is 0.260 e. The first-order valence-electron chi connectivity index (χ1n) is 11.8. The van der Waals surface area contributed by atoms with Crippen molar-refractivity contribution in [2.45, 2.75) is 30.6 Å². The quantitative estimate of drug-likeness (QED) is 0.620. The van der Waals surface area contributed by atoms with Crippen molar-refractivity contribution < 1.29 is 22.7 Å². The van der Waals surface area contributed by atoms with E-state index in [1.165, 1.54) is 16.4 Å². The lowest BCUT2D eigenvalue weighted by Crippen LogP contribution is -2.43. The van der Waals surface area contributed by atoms with Gasteiger partial charge in [-0.3, -0.25) is 9.59 Å². The molecule has 0 radical (unpaired) electrons. The van der Waals surface area contributed by atoms with Gasteiger partial charge >= 0.3 is 0 Å². The molecule has 2 aliphatic rings. The molecule has 2 aliphatic heterocycles. The monoisotopic (exact) mass is 485 g/mol. The third-order valence-electron chi connectivity index (χ3n) is 6.44. The predicted molar refractivity (Wildman–Crippen MR) is 128 cm³/mol. The molecule has 34 heavy (non-hydrogen) atoms.